The Balaban J connectivity index is 1.56. The molecule has 0 bridgehead atoms. The molecular weight excluding hydrogens is 387 g/mol. The van der Waals surface area contributed by atoms with Gasteiger partial charge in [-0.25, -0.2) is 0 Å². The van der Waals surface area contributed by atoms with E-state index in [9.17, 15) is 0 Å². The number of benzene rings is 3. The van der Waals surface area contributed by atoms with Gasteiger partial charge in [0.05, 0.1) is 22.2 Å². The molecule has 2 aromatic heterocycles. The molecule has 31 heavy (non-hydrogen) atoms. The summed E-state index contributed by atoms with van der Waals surface area (Å²) in [4.78, 5) is 4.74. The second-order valence-electron chi connectivity index (χ2n) is 9.18. The number of rotatable bonds is 2. The van der Waals surface area contributed by atoms with E-state index in [1.54, 1.807) is 0 Å². The summed E-state index contributed by atoms with van der Waals surface area (Å²) in [5.74, 6) is 0. The number of hydrogen-bond donors (Lipinski definition) is 0. The van der Waals surface area contributed by atoms with E-state index in [0.29, 0.717) is 6.01 Å². The molecule has 1 saturated heterocycles. The third kappa shape index (κ3) is 2.68. The Hall–Kier alpha value is -3.09. The van der Waals surface area contributed by atoms with Crippen LogP contribution in [0.2, 0.25) is 0 Å². The summed E-state index contributed by atoms with van der Waals surface area (Å²) >= 11 is 0. The first kappa shape index (κ1) is 18.7. The highest BCUT2D eigenvalue weighted by atomic mass is 16.7. The fraction of sp³-hybridized carbons (Fsp3) is 0.240. The molecule has 0 N–H and O–H groups in total. The highest BCUT2D eigenvalue weighted by Crippen LogP contribution is 2.37. The molecule has 0 unspecified atom stereocenters. The van der Waals surface area contributed by atoms with Gasteiger partial charge in [-0.3, -0.25) is 4.57 Å². The van der Waals surface area contributed by atoms with Gasteiger partial charge in [0.15, 0.2) is 5.58 Å². The zero-order valence-electron chi connectivity index (χ0n) is 18.0. The number of aromatic nitrogens is 2. The lowest BCUT2D eigenvalue weighted by atomic mass is 9.78. The van der Waals surface area contributed by atoms with E-state index < -0.39 is 7.12 Å². The molecule has 5 aromatic rings. The molecule has 0 spiro atoms. The van der Waals surface area contributed by atoms with E-state index >= 15 is 0 Å². The van der Waals surface area contributed by atoms with Gasteiger partial charge in [0.25, 0.3) is 0 Å². The zero-order valence-corrected chi connectivity index (χ0v) is 18.0. The van der Waals surface area contributed by atoms with Crippen LogP contribution in [0.1, 0.15) is 27.7 Å². The summed E-state index contributed by atoms with van der Waals surface area (Å²) in [7, 11) is -0.402. The van der Waals surface area contributed by atoms with Gasteiger partial charge < -0.3 is 13.7 Å². The number of fused-ring (bicyclic) bond motifs is 4. The molecule has 6 rings (SSSR count). The quantitative estimate of drug-likeness (QED) is 0.374. The van der Waals surface area contributed by atoms with Crippen molar-refractivity contribution in [3.05, 3.63) is 66.7 Å². The lowest BCUT2D eigenvalue weighted by molar-refractivity contribution is 0.00578. The van der Waals surface area contributed by atoms with Crippen molar-refractivity contribution in [3.63, 3.8) is 0 Å². The second-order valence-corrected chi connectivity index (χ2v) is 9.18. The minimum atomic E-state index is -0.402. The van der Waals surface area contributed by atoms with Gasteiger partial charge in [-0.1, -0.05) is 42.5 Å². The first-order valence-corrected chi connectivity index (χ1v) is 10.6. The van der Waals surface area contributed by atoms with Crippen LogP contribution in [-0.4, -0.2) is 27.9 Å². The van der Waals surface area contributed by atoms with Crippen LogP contribution in [0.5, 0.6) is 0 Å². The molecule has 0 amide bonds. The van der Waals surface area contributed by atoms with E-state index in [1.165, 1.54) is 0 Å². The minimum Gasteiger partial charge on any atom is -0.423 e. The van der Waals surface area contributed by atoms with E-state index in [-0.39, 0.29) is 11.2 Å². The van der Waals surface area contributed by atoms with Crippen molar-refractivity contribution in [2.24, 2.45) is 0 Å². The maximum Gasteiger partial charge on any atom is 0.494 e. The molecule has 0 aliphatic carbocycles. The predicted octanol–water partition coefficient (Wildman–Crippen LogP) is 5.22. The van der Waals surface area contributed by atoms with Crippen molar-refractivity contribution < 1.29 is 13.7 Å². The lowest BCUT2D eigenvalue weighted by Gasteiger charge is -2.32. The van der Waals surface area contributed by atoms with Crippen molar-refractivity contribution in [2.75, 3.05) is 0 Å². The Morgan fingerprint density at radius 1 is 0.774 bits per heavy atom. The third-order valence-corrected chi connectivity index (χ3v) is 6.70. The van der Waals surface area contributed by atoms with Crippen molar-refractivity contribution in [2.45, 2.75) is 38.9 Å². The van der Waals surface area contributed by atoms with Crippen molar-refractivity contribution in [1.29, 1.82) is 0 Å². The Bertz CT molecular complexity index is 1420. The average Bonchev–Trinajstić information content (AvgIpc) is 3.37. The Morgan fingerprint density at radius 3 is 2.23 bits per heavy atom. The molecule has 0 atom stereocenters. The molecule has 0 radical (unpaired) electrons. The highest BCUT2D eigenvalue weighted by Gasteiger charge is 2.51. The first-order valence-electron chi connectivity index (χ1n) is 10.6. The fourth-order valence-corrected chi connectivity index (χ4v) is 4.28. The summed E-state index contributed by atoms with van der Waals surface area (Å²) in [6.45, 7) is 8.30. The van der Waals surface area contributed by atoms with E-state index in [1.807, 2.05) is 30.3 Å². The smallest absolute Gasteiger partial charge is 0.423 e. The summed E-state index contributed by atoms with van der Waals surface area (Å²) in [6.07, 6.45) is 0. The fourth-order valence-electron chi connectivity index (χ4n) is 4.28. The van der Waals surface area contributed by atoms with Crippen LogP contribution in [0.3, 0.4) is 0 Å². The van der Waals surface area contributed by atoms with Gasteiger partial charge in [-0.15, -0.1) is 0 Å². The van der Waals surface area contributed by atoms with Gasteiger partial charge in [-0.2, -0.15) is 4.98 Å². The van der Waals surface area contributed by atoms with Crippen LogP contribution in [0.15, 0.2) is 71.1 Å². The van der Waals surface area contributed by atoms with Crippen molar-refractivity contribution >= 4 is 45.5 Å². The summed E-state index contributed by atoms with van der Waals surface area (Å²) in [5, 5.41) is 2.25. The second kappa shape index (κ2) is 6.22. The molecule has 154 valence electrons. The van der Waals surface area contributed by atoms with Crippen molar-refractivity contribution in [3.8, 4) is 6.01 Å². The number of para-hydroxylation sites is 3. The van der Waals surface area contributed by atoms with Crippen molar-refractivity contribution in [1.82, 2.24) is 9.55 Å². The average molecular weight is 410 g/mol. The van der Waals surface area contributed by atoms with Crippen LogP contribution in [0.4, 0.5) is 0 Å². The first-order chi connectivity index (χ1) is 14.8. The van der Waals surface area contributed by atoms with Crippen LogP contribution in [-0.2, 0) is 9.31 Å². The van der Waals surface area contributed by atoms with Gasteiger partial charge in [0, 0.05) is 10.8 Å². The molecule has 3 heterocycles. The van der Waals surface area contributed by atoms with E-state index in [0.717, 1.165) is 38.4 Å². The van der Waals surface area contributed by atoms with Gasteiger partial charge in [0.2, 0.25) is 0 Å². The van der Waals surface area contributed by atoms with Crippen LogP contribution in [0, 0.1) is 0 Å². The van der Waals surface area contributed by atoms with Gasteiger partial charge in [-0.05, 0) is 57.4 Å². The van der Waals surface area contributed by atoms with Crippen LogP contribution < -0.4 is 5.46 Å². The largest absolute Gasteiger partial charge is 0.494 e. The van der Waals surface area contributed by atoms with Gasteiger partial charge in [0.1, 0.15) is 5.52 Å². The molecule has 5 nitrogen and oxygen atoms in total. The minimum absolute atomic E-state index is 0.376. The normalized spacial score (nSPS) is 17.9. The third-order valence-electron chi connectivity index (χ3n) is 6.70. The zero-order chi connectivity index (χ0) is 21.4. The molecule has 1 aliphatic heterocycles. The summed E-state index contributed by atoms with van der Waals surface area (Å²) < 4.78 is 20.8. The van der Waals surface area contributed by atoms with Gasteiger partial charge >= 0.3 is 13.1 Å². The summed E-state index contributed by atoms with van der Waals surface area (Å²) in [6, 6.07) is 23.1. The standard InChI is InChI=1S/C25H23BN2O3/c1-24(2)25(3,4)31-26(30-24)16-13-14-21-18(15-16)17-9-5-7-11-20(17)28(21)23-27-19-10-6-8-12-22(19)29-23/h5-15H,1-4H3. The van der Waals surface area contributed by atoms with Crippen LogP contribution >= 0.6 is 0 Å². The maximum absolute atomic E-state index is 6.28. The topological polar surface area (TPSA) is 49.4 Å². The molecule has 3 aromatic carbocycles. The number of hydrogen-bond acceptors (Lipinski definition) is 4. The Kier molecular flexibility index (Phi) is 3.74. The molecule has 1 aliphatic rings. The number of oxazole rings is 1. The molecule has 6 heteroatoms. The SMILES string of the molecule is CC1(C)OB(c2ccc3c(c2)c2ccccc2n3-c2nc3ccccc3o2)OC1(C)C. The Labute approximate surface area is 180 Å². The van der Waals surface area contributed by atoms with E-state index in [2.05, 4.69) is 68.7 Å². The highest BCUT2D eigenvalue weighted by molar-refractivity contribution is 6.62. The predicted molar refractivity (Wildman–Crippen MR) is 124 cm³/mol. The van der Waals surface area contributed by atoms with E-state index in [4.69, 9.17) is 18.7 Å². The Morgan fingerprint density at radius 2 is 1.45 bits per heavy atom. The van der Waals surface area contributed by atoms with Crippen LogP contribution in [0.25, 0.3) is 38.9 Å². The number of nitrogens with zero attached hydrogens (tertiary/aromatic N) is 2. The molecule has 0 saturated carbocycles. The summed E-state index contributed by atoms with van der Waals surface area (Å²) in [5.41, 5.74) is 3.96. The molecule has 1 fully saturated rings. The monoisotopic (exact) mass is 410 g/mol. The lowest BCUT2D eigenvalue weighted by Crippen LogP contribution is -2.41. The molecular formula is C25H23BN2O3. The maximum atomic E-state index is 6.28.